The van der Waals surface area contributed by atoms with Gasteiger partial charge in [0, 0.05) is 20.3 Å². The second-order valence-electron chi connectivity index (χ2n) is 9.63. The van der Waals surface area contributed by atoms with Crippen molar-refractivity contribution in [3.8, 4) is 5.75 Å². The lowest BCUT2D eigenvalue weighted by Crippen LogP contribution is -2.40. The van der Waals surface area contributed by atoms with Gasteiger partial charge in [0.05, 0.1) is 17.4 Å². The lowest BCUT2D eigenvalue weighted by molar-refractivity contribution is 0.0818. The van der Waals surface area contributed by atoms with Crippen molar-refractivity contribution in [3.63, 3.8) is 0 Å². The highest BCUT2D eigenvalue weighted by molar-refractivity contribution is 5.97. The smallest absolute Gasteiger partial charge is 0.280 e. The molecular formula is C25H26F3N5O4. The Balaban J connectivity index is 1.74. The van der Waals surface area contributed by atoms with Gasteiger partial charge in [0.25, 0.3) is 23.2 Å². The fraction of sp³-hybridized carbons (Fsp3) is 0.400. The number of alkyl halides is 2. The Hall–Kier alpha value is -3.96. The van der Waals surface area contributed by atoms with Gasteiger partial charge < -0.3 is 20.6 Å². The van der Waals surface area contributed by atoms with Crippen molar-refractivity contribution in [1.82, 2.24) is 14.9 Å². The van der Waals surface area contributed by atoms with E-state index in [1.807, 2.05) is 6.92 Å². The van der Waals surface area contributed by atoms with E-state index in [1.165, 1.54) is 31.3 Å². The van der Waals surface area contributed by atoms with E-state index >= 15 is 0 Å². The van der Waals surface area contributed by atoms with Crippen molar-refractivity contribution in [2.75, 3.05) is 24.7 Å². The summed E-state index contributed by atoms with van der Waals surface area (Å²) in [6.45, 7) is 1.85. The minimum Gasteiger partial charge on any atom is -0.504 e. The number of halogens is 3. The van der Waals surface area contributed by atoms with Gasteiger partial charge in [-0.3, -0.25) is 14.4 Å². The maximum Gasteiger partial charge on any atom is 0.280 e. The first kappa shape index (κ1) is 26.1. The largest absolute Gasteiger partial charge is 0.504 e. The number of amides is 1. The van der Waals surface area contributed by atoms with Gasteiger partial charge in [0.1, 0.15) is 22.9 Å². The molecule has 0 saturated heterocycles. The van der Waals surface area contributed by atoms with E-state index in [-0.39, 0.29) is 28.5 Å². The fourth-order valence-corrected chi connectivity index (χ4v) is 4.69. The summed E-state index contributed by atoms with van der Waals surface area (Å²) in [6.07, 6.45) is 1.18. The average Bonchev–Trinajstić information content (AvgIpc) is 3.31. The molecule has 12 heteroatoms. The van der Waals surface area contributed by atoms with Gasteiger partial charge in [-0.2, -0.15) is 0 Å². The van der Waals surface area contributed by atoms with Gasteiger partial charge in [-0.15, -0.1) is 0 Å². The minimum atomic E-state index is -2.92. The third kappa shape index (κ3) is 4.75. The third-order valence-corrected chi connectivity index (χ3v) is 6.83. The highest BCUT2D eigenvalue weighted by atomic mass is 19.3. The summed E-state index contributed by atoms with van der Waals surface area (Å²) in [5.41, 5.74) is -4.04. The number of carbonyl (C=O) groups excluding carboxylic acids is 1. The standard InChI is InChI=1S/C25H26F3N5O4/c1-25(9-4-5-10-25)22(15-12(26)6-7-14(31-15)23(27)28)32-17-16(20(35)21(17)36)30-13-8-11-29-18(19(13)34)24(37)33(2)3/h6-8,11,22-23,32,34H,4-5,9-10H2,1-3H3,(H,29,30)/t22-/m0/s1. The van der Waals surface area contributed by atoms with Gasteiger partial charge in [-0.25, -0.2) is 23.1 Å². The maximum absolute atomic E-state index is 14.9. The molecule has 196 valence electrons. The fourth-order valence-electron chi connectivity index (χ4n) is 4.69. The number of pyridine rings is 2. The van der Waals surface area contributed by atoms with Gasteiger partial charge in [0.2, 0.25) is 0 Å². The topological polar surface area (TPSA) is 125 Å². The average molecular weight is 518 g/mol. The van der Waals surface area contributed by atoms with Crippen LogP contribution in [0, 0.1) is 11.2 Å². The normalized spacial score (nSPS) is 15.6. The Bertz CT molecular complexity index is 1410. The van der Waals surface area contributed by atoms with Crippen LogP contribution in [0.1, 0.15) is 67.0 Å². The Labute approximate surface area is 210 Å². The van der Waals surface area contributed by atoms with Crippen LogP contribution < -0.4 is 21.5 Å². The van der Waals surface area contributed by atoms with Gasteiger partial charge in [-0.1, -0.05) is 19.8 Å². The summed E-state index contributed by atoms with van der Waals surface area (Å²) in [6, 6.07) is 2.14. The van der Waals surface area contributed by atoms with E-state index in [0.29, 0.717) is 12.8 Å². The summed E-state index contributed by atoms with van der Waals surface area (Å²) in [5, 5.41) is 16.1. The molecule has 1 aliphatic rings. The summed E-state index contributed by atoms with van der Waals surface area (Å²) in [7, 11) is 2.95. The molecule has 0 unspecified atom stereocenters. The molecule has 2 heterocycles. The quantitative estimate of drug-likeness (QED) is 0.383. The van der Waals surface area contributed by atoms with Crippen LogP contribution in [0.4, 0.5) is 30.2 Å². The number of aromatic hydroxyl groups is 1. The van der Waals surface area contributed by atoms with Crippen LogP contribution in [0.3, 0.4) is 0 Å². The van der Waals surface area contributed by atoms with Crippen LogP contribution in [0.5, 0.6) is 5.75 Å². The SMILES string of the molecule is CN(C)C(=O)c1nccc(Nc2c(N[C@@H](c3nc(C(F)F)ccc3F)C3(C)CCCC3)c(=O)c2=O)c1O. The zero-order valence-corrected chi connectivity index (χ0v) is 20.4. The number of aromatic nitrogens is 2. The van der Waals surface area contributed by atoms with Crippen molar-refractivity contribution < 1.29 is 23.1 Å². The minimum absolute atomic E-state index is 0.0528. The van der Waals surface area contributed by atoms with Crippen LogP contribution in [0.15, 0.2) is 34.0 Å². The number of nitrogens with zero attached hydrogens (tertiary/aromatic N) is 3. The molecule has 0 radical (unpaired) electrons. The van der Waals surface area contributed by atoms with E-state index in [9.17, 15) is 32.7 Å². The first-order chi connectivity index (χ1) is 17.4. The number of anilines is 3. The lowest BCUT2D eigenvalue weighted by atomic mass is 9.78. The summed E-state index contributed by atoms with van der Waals surface area (Å²) >= 11 is 0. The Morgan fingerprint density at radius 1 is 1.11 bits per heavy atom. The third-order valence-electron chi connectivity index (χ3n) is 6.83. The molecule has 0 aliphatic heterocycles. The molecular weight excluding hydrogens is 491 g/mol. The number of nitrogens with one attached hydrogen (secondary N) is 2. The van der Waals surface area contributed by atoms with Crippen LogP contribution >= 0.6 is 0 Å². The van der Waals surface area contributed by atoms with Crippen molar-refractivity contribution in [2.24, 2.45) is 5.41 Å². The molecule has 37 heavy (non-hydrogen) atoms. The van der Waals surface area contributed by atoms with Crippen molar-refractivity contribution in [1.29, 1.82) is 0 Å². The Kier molecular flexibility index (Phi) is 6.94. The summed E-state index contributed by atoms with van der Waals surface area (Å²) in [4.78, 5) is 46.3. The molecule has 3 aromatic rings. The number of rotatable bonds is 8. The second kappa shape index (κ2) is 9.83. The molecule has 1 fully saturated rings. The predicted molar refractivity (Wildman–Crippen MR) is 131 cm³/mol. The molecule has 0 bridgehead atoms. The molecule has 1 aromatic carbocycles. The molecule has 3 N–H and O–H groups in total. The summed E-state index contributed by atoms with van der Waals surface area (Å²) < 4.78 is 41.7. The number of hydrogen-bond donors (Lipinski definition) is 3. The highest BCUT2D eigenvalue weighted by Gasteiger charge is 2.42. The van der Waals surface area contributed by atoms with Crippen molar-refractivity contribution in [3.05, 3.63) is 67.7 Å². The number of carbonyl (C=O) groups is 1. The monoisotopic (exact) mass is 517 g/mol. The van der Waals surface area contributed by atoms with Crippen molar-refractivity contribution in [2.45, 2.75) is 45.1 Å². The summed E-state index contributed by atoms with van der Waals surface area (Å²) in [5.74, 6) is -1.93. The molecule has 1 saturated carbocycles. The maximum atomic E-state index is 14.9. The van der Waals surface area contributed by atoms with E-state index in [0.717, 1.165) is 25.0 Å². The van der Waals surface area contributed by atoms with E-state index in [4.69, 9.17) is 0 Å². The first-order valence-corrected chi connectivity index (χ1v) is 11.7. The molecule has 1 atom stereocenters. The van der Waals surface area contributed by atoms with Crippen LogP contribution in [0.2, 0.25) is 0 Å². The molecule has 9 nitrogen and oxygen atoms in total. The first-order valence-electron chi connectivity index (χ1n) is 11.7. The van der Waals surface area contributed by atoms with Gasteiger partial charge >= 0.3 is 0 Å². The zero-order valence-electron chi connectivity index (χ0n) is 20.4. The molecule has 2 aromatic heterocycles. The Morgan fingerprint density at radius 3 is 2.38 bits per heavy atom. The predicted octanol–water partition coefficient (Wildman–Crippen LogP) is 4.03. The van der Waals surface area contributed by atoms with E-state index < -0.39 is 51.9 Å². The molecule has 0 spiro atoms. The van der Waals surface area contributed by atoms with Crippen LogP contribution in [-0.4, -0.2) is 40.0 Å². The zero-order chi connectivity index (χ0) is 27.1. The van der Waals surface area contributed by atoms with Gasteiger partial charge in [-0.05, 0) is 36.5 Å². The van der Waals surface area contributed by atoms with Crippen molar-refractivity contribution >= 4 is 23.0 Å². The lowest BCUT2D eigenvalue weighted by Gasteiger charge is -2.36. The van der Waals surface area contributed by atoms with E-state index in [2.05, 4.69) is 20.6 Å². The molecule has 1 aliphatic carbocycles. The van der Waals surface area contributed by atoms with Crippen LogP contribution in [0.25, 0.3) is 0 Å². The number of hydrogen-bond acceptors (Lipinski definition) is 8. The second-order valence-corrected chi connectivity index (χ2v) is 9.63. The van der Waals surface area contributed by atoms with E-state index in [1.54, 1.807) is 0 Å². The molecule has 1 amide bonds. The molecule has 4 rings (SSSR count). The van der Waals surface area contributed by atoms with Gasteiger partial charge in [0.15, 0.2) is 11.4 Å². The van der Waals surface area contributed by atoms with Crippen LogP contribution in [-0.2, 0) is 0 Å². The highest BCUT2D eigenvalue weighted by Crippen LogP contribution is 2.49. The Morgan fingerprint density at radius 2 is 1.76 bits per heavy atom.